The lowest BCUT2D eigenvalue weighted by Crippen LogP contribution is -2.33. The summed E-state index contributed by atoms with van der Waals surface area (Å²) < 4.78 is 2.18. The monoisotopic (exact) mass is 495 g/mol. The van der Waals surface area contributed by atoms with Gasteiger partial charge in [-0.05, 0) is 79.7 Å². The molecule has 4 aromatic rings. The Labute approximate surface area is 217 Å². The van der Waals surface area contributed by atoms with Gasteiger partial charge in [0.15, 0.2) is 5.11 Å². The molecule has 0 unspecified atom stereocenters. The normalized spacial score (nSPS) is 17.2. The van der Waals surface area contributed by atoms with Crippen molar-refractivity contribution in [3.63, 3.8) is 0 Å². The third-order valence-electron chi connectivity index (χ3n) is 6.56. The van der Waals surface area contributed by atoms with Gasteiger partial charge >= 0.3 is 0 Å². The number of benzene rings is 2. The summed E-state index contributed by atoms with van der Waals surface area (Å²) in [6.45, 7) is 4.50. The fraction of sp³-hybridized carbons (Fsp3) is 0.207. The van der Waals surface area contributed by atoms with Crippen LogP contribution in [-0.4, -0.2) is 32.0 Å². The number of amides is 1. The van der Waals surface area contributed by atoms with Crippen LogP contribution < -0.4 is 10.6 Å². The average molecular weight is 496 g/mol. The zero-order chi connectivity index (χ0) is 25.1. The molecule has 0 saturated carbocycles. The van der Waals surface area contributed by atoms with Crippen LogP contribution >= 0.6 is 12.2 Å². The fourth-order valence-electron chi connectivity index (χ4n) is 4.73. The van der Waals surface area contributed by atoms with Gasteiger partial charge in [-0.3, -0.25) is 9.78 Å². The van der Waals surface area contributed by atoms with Crippen molar-refractivity contribution in [3.8, 4) is 5.69 Å². The van der Waals surface area contributed by atoms with Crippen LogP contribution in [0.5, 0.6) is 0 Å². The number of aryl methyl sites for hydroxylation is 2. The first-order valence-electron chi connectivity index (χ1n) is 12.1. The number of carbonyl (C=O) groups excluding carboxylic acids is 1. The van der Waals surface area contributed by atoms with Gasteiger partial charge < -0.3 is 20.1 Å². The van der Waals surface area contributed by atoms with E-state index in [-0.39, 0.29) is 18.0 Å². The van der Waals surface area contributed by atoms with E-state index in [0.717, 1.165) is 33.9 Å². The Morgan fingerprint density at radius 3 is 2.61 bits per heavy atom. The SMILES string of the molecule is Cc1ccc(C)c(NC(=O)CCN2C(=S)N[C@@H](c3ccccn3)[C@@H]2c2cccn2-c2ccccc2)c1. The molecule has 3 heterocycles. The highest BCUT2D eigenvalue weighted by atomic mass is 32.1. The van der Waals surface area contributed by atoms with Crippen LogP contribution in [0.25, 0.3) is 5.69 Å². The highest BCUT2D eigenvalue weighted by molar-refractivity contribution is 7.80. The summed E-state index contributed by atoms with van der Waals surface area (Å²) in [5.74, 6) is -0.0371. The van der Waals surface area contributed by atoms with Crippen LogP contribution in [0.2, 0.25) is 0 Å². The third kappa shape index (κ3) is 4.88. The molecule has 2 aromatic carbocycles. The maximum atomic E-state index is 13.0. The van der Waals surface area contributed by atoms with Crippen LogP contribution in [0.1, 0.15) is 41.0 Å². The lowest BCUT2D eigenvalue weighted by Gasteiger charge is -2.29. The third-order valence-corrected chi connectivity index (χ3v) is 6.91. The van der Waals surface area contributed by atoms with E-state index < -0.39 is 0 Å². The van der Waals surface area contributed by atoms with E-state index in [0.29, 0.717) is 18.1 Å². The van der Waals surface area contributed by atoms with Crippen molar-refractivity contribution in [2.24, 2.45) is 0 Å². The molecule has 1 fully saturated rings. The molecule has 2 aromatic heterocycles. The summed E-state index contributed by atoms with van der Waals surface area (Å²) >= 11 is 5.79. The van der Waals surface area contributed by atoms with Crippen molar-refractivity contribution < 1.29 is 4.79 Å². The summed E-state index contributed by atoms with van der Waals surface area (Å²) in [4.78, 5) is 19.7. The van der Waals surface area contributed by atoms with Crippen LogP contribution in [0.3, 0.4) is 0 Å². The van der Waals surface area contributed by atoms with Gasteiger partial charge in [0, 0.05) is 42.4 Å². The second kappa shape index (κ2) is 10.3. The average Bonchev–Trinajstić information content (AvgIpc) is 3.50. The standard InChI is InChI=1S/C29H29N5OS/c1-20-13-14-21(2)24(19-20)31-26(35)15-18-34-28(27(32-29(34)36)23-11-6-7-16-30-23)25-12-8-17-33(25)22-9-4-3-5-10-22/h3-14,16-17,19,27-28H,15,18H2,1-2H3,(H,31,35)(H,32,36)/t27-,28-/m0/s1. The zero-order valence-electron chi connectivity index (χ0n) is 20.4. The molecule has 0 bridgehead atoms. The Balaban J connectivity index is 1.43. The Morgan fingerprint density at radius 1 is 1.03 bits per heavy atom. The van der Waals surface area contributed by atoms with Gasteiger partial charge in [-0.2, -0.15) is 0 Å². The second-order valence-corrected chi connectivity index (χ2v) is 9.46. The Morgan fingerprint density at radius 2 is 1.83 bits per heavy atom. The lowest BCUT2D eigenvalue weighted by atomic mass is 10.0. The number of rotatable bonds is 7. The van der Waals surface area contributed by atoms with Crippen molar-refractivity contribution in [1.82, 2.24) is 19.8 Å². The largest absolute Gasteiger partial charge is 0.352 e. The van der Waals surface area contributed by atoms with Gasteiger partial charge in [0.2, 0.25) is 5.91 Å². The summed E-state index contributed by atoms with van der Waals surface area (Å²) in [5.41, 5.74) is 6.07. The number of pyridine rings is 1. The van der Waals surface area contributed by atoms with E-state index in [1.54, 1.807) is 6.20 Å². The first-order valence-corrected chi connectivity index (χ1v) is 12.5. The van der Waals surface area contributed by atoms with Gasteiger partial charge in [-0.15, -0.1) is 0 Å². The van der Waals surface area contributed by atoms with E-state index in [9.17, 15) is 4.79 Å². The van der Waals surface area contributed by atoms with E-state index in [2.05, 4.69) is 49.5 Å². The minimum Gasteiger partial charge on any atom is -0.352 e. The maximum absolute atomic E-state index is 13.0. The number of aromatic nitrogens is 2. The van der Waals surface area contributed by atoms with Crippen molar-refractivity contribution in [2.45, 2.75) is 32.4 Å². The minimum absolute atomic E-state index is 0.0371. The molecule has 0 radical (unpaired) electrons. The summed E-state index contributed by atoms with van der Waals surface area (Å²) in [7, 11) is 0. The number of carbonyl (C=O) groups is 1. The molecule has 36 heavy (non-hydrogen) atoms. The van der Waals surface area contributed by atoms with Gasteiger partial charge in [0.05, 0.1) is 17.8 Å². The number of anilines is 1. The molecular formula is C29H29N5OS. The summed E-state index contributed by atoms with van der Waals surface area (Å²) in [6, 6.07) is 26.1. The number of nitrogens with zero attached hydrogens (tertiary/aromatic N) is 3. The highest BCUT2D eigenvalue weighted by Gasteiger charge is 2.41. The van der Waals surface area contributed by atoms with E-state index in [4.69, 9.17) is 12.2 Å². The van der Waals surface area contributed by atoms with Gasteiger partial charge in [-0.1, -0.05) is 36.4 Å². The van der Waals surface area contributed by atoms with Gasteiger partial charge in [-0.25, -0.2) is 0 Å². The molecule has 1 amide bonds. The van der Waals surface area contributed by atoms with E-state index in [1.807, 2.05) is 74.5 Å². The lowest BCUT2D eigenvalue weighted by molar-refractivity contribution is -0.116. The van der Waals surface area contributed by atoms with Crippen molar-refractivity contribution in [1.29, 1.82) is 0 Å². The van der Waals surface area contributed by atoms with Gasteiger partial charge in [0.1, 0.15) is 0 Å². The molecule has 182 valence electrons. The van der Waals surface area contributed by atoms with E-state index in [1.165, 1.54) is 0 Å². The van der Waals surface area contributed by atoms with Crippen LogP contribution in [0.15, 0.2) is 91.3 Å². The van der Waals surface area contributed by atoms with Crippen molar-refractivity contribution in [3.05, 3.63) is 114 Å². The number of thiocarbonyl (C=S) groups is 1. The second-order valence-electron chi connectivity index (χ2n) is 9.08. The maximum Gasteiger partial charge on any atom is 0.226 e. The number of para-hydroxylation sites is 1. The zero-order valence-corrected chi connectivity index (χ0v) is 21.2. The molecule has 0 aliphatic carbocycles. The molecule has 1 aliphatic heterocycles. The van der Waals surface area contributed by atoms with Crippen molar-refractivity contribution in [2.75, 3.05) is 11.9 Å². The van der Waals surface area contributed by atoms with Crippen LogP contribution in [-0.2, 0) is 4.79 Å². The Kier molecular flexibility index (Phi) is 6.82. The molecule has 7 heteroatoms. The minimum atomic E-state index is -0.141. The Bertz CT molecular complexity index is 1370. The first kappa shape index (κ1) is 23.8. The van der Waals surface area contributed by atoms with Gasteiger partial charge in [0.25, 0.3) is 0 Å². The molecule has 5 rings (SSSR count). The molecular weight excluding hydrogens is 466 g/mol. The molecule has 6 nitrogen and oxygen atoms in total. The van der Waals surface area contributed by atoms with Crippen LogP contribution in [0.4, 0.5) is 5.69 Å². The number of nitrogens with one attached hydrogen (secondary N) is 2. The first-order chi connectivity index (χ1) is 17.5. The summed E-state index contributed by atoms with van der Waals surface area (Å²) in [5, 5.41) is 7.17. The molecule has 1 saturated heterocycles. The number of hydrogen-bond acceptors (Lipinski definition) is 3. The van der Waals surface area contributed by atoms with Crippen molar-refractivity contribution >= 4 is 28.9 Å². The molecule has 2 N–H and O–H groups in total. The molecule has 2 atom stereocenters. The quantitative estimate of drug-likeness (QED) is 0.332. The predicted octanol–water partition coefficient (Wildman–Crippen LogP) is 5.49. The predicted molar refractivity (Wildman–Crippen MR) is 147 cm³/mol. The van der Waals surface area contributed by atoms with Crippen LogP contribution in [0, 0.1) is 13.8 Å². The Hall–Kier alpha value is -3.97. The highest BCUT2D eigenvalue weighted by Crippen LogP contribution is 2.39. The molecule has 0 spiro atoms. The smallest absolute Gasteiger partial charge is 0.226 e. The van der Waals surface area contributed by atoms with E-state index >= 15 is 0 Å². The molecule has 1 aliphatic rings. The summed E-state index contributed by atoms with van der Waals surface area (Å²) in [6.07, 6.45) is 4.17. The topological polar surface area (TPSA) is 62.2 Å². The number of hydrogen-bond donors (Lipinski definition) is 2. The fourth-order valence-corrected chi connectivity index (χ4v) is 5.06.